The first kappa shape index (κ1) is 15.5. The van der Waals surface area contributed by atoms with Gasteiger partial charge in [0.1, 0.15) is 6.61 Å². The van der Waals surface area contributed by atoms with E-state index in [0.717, 1.165) is 21.3 Å². The number of rotatable bonds is 4. The lowest BCUT2D eigenvalue weighted by Gasteiger charge is -2.06. The number of fused-ring (bicyclic) bond motifs is 1. The van der Waals surface area contributed by atoms with Crippen molar-refractivity contribution in [2.24, 2.45) is 0 Å². The summed E-state index contributed by atoms with van der Waals surface area (Å²) in [5.41, 5.74) is 2.03. The fraction of sp³-hybridized carbons (Fsp3) is 0.105. The van der Waals surface area contributed by atoms with Crippen molar-refractivity contribution in [1.29, 1.82) is 0 Å². The van der Waals surface area contributed by atoms with Crippen molar-refractivity contribution < 1.29 is 13.9 Å². The number of ether oxygens (including phenoxy) is 1. The molecule has 1 aromatic carbocycles. The third-order valence-corrected chi connectivity index (χ3v) is 4.78. The average molecular weight is 350 g/mol. The van der Waals surface area contributed by atoms with Gasteiger partial charge < -0.3 is 9.15 Å². The van der Waals surface area contributed by atoms with E-state index >= 15 is 0 Å². The summed E-state index contributed by atoms with van der Waals surface area (Å²) >= 11 is 1.41. The van der Waals surface area contributed by atoms with E-state index in [1.165, 1.54) is 11.3 Å². The van der Waals surface area contributed by atoms with Gasteiger partial charge in [-0.3, -0.25) is 4.98 Å². The minimum absolute atomic E-state index is 0.153. The summed E-state index contributed by atoms with van der Waals surface area (Å²) in [6, 6.07) is 13.3. The van der Waals surface area contributed by atoms with Gasteiger partial charge in [-0.1, -0.05) is 24.3 Å². The first-order chi connectivity index (χ1) is 12.2. The first-order valence-corrected chi connectivity index (χ1v) is 8.55. The Kier molecular flexibility index (Phi) is 4.03. The Morgan fingerprint density at radius 1 is 1.20 bits per heavy atom. The molecule has 4 aromatic rings. The molecule has 0 saturated carbocycles. The zero-order valence-electron chi connectivity index (χ0n) is 13.4. The second-order valence-electron chi connectivity index (χ2n) is 5.47. The maximum atomic E-state index is 12.4. The summed E-state index contributed by atoms with van der Waals surface area (Å²) in [4.78, 5) is 22.0. The van der Waals surface area contributed by atoms with Crippen molar-refractivity contribution in [2.75, 3.05) is 0 Å². The van der Waals surface area contributed by atoms with Gasteiger partial charge in [-0.15, -0.1) is 11.3 Å². The third kappa shape index (κ3) is 3.04. The Labute approximate surface area is 147 Å². The molecule has 0 aliphatic heterocycles. The number of esters is 1. The Hall–Kier alpha value is -2.99. The Bertz CT molecular complexity index is 1030. The summed E-state index contributed by atoms with van der Waals surface area (Å²) in [6.07, 6.45) is 3.31. The molecule has 0 bridgehead atoms. The fourth-order valence-electron chi connectivity index (χ4n) is 2.59. The van der Waals surface area contributed by atoms with E-state index in [-0.39, 0.29) is 6.61 Å². The molecule has 25 heavy (non-hydrogen) atoms. The highest BCUT2D eigenvalue weighted by Gasteiger charge is 2.19. The van der Waals surface area contributed by atoms with E-state index in [0.29, 0.717) is 16.5 Å². The lowest BCUT2D eigenvalue weighted by atomic mass is 10.1. The van der Waals surface area contributed by atoms with Gasteiger partial charge in [0.15, 0.2) is 16.5 Å². The van der Waals surface area contributed by atoms with Crippen molar-refractivity contribution in [1.82, 2.24) is 9.97 Å². The van der Waals surface area contributed by atoms with Crippen molar-refractivity contribution in [3.63, 3.8) is 0 Å². The van der Waals surface area contributed by atoms with Crippen LogP contribution in [0, 0.1) is 6.92 Å². The largest absolute Gasteiger partial charge is 0.462 e. The number of aryl methyl sites for hydroxylation is 1. The van der Waals surface area contributed by atoms with Gasteiger partial charge in [-0.25, -0.2) is 9.78 Å². The van der Waals surface area contributed by atoms with Crippen LogP contribution in [-0.4, -0.2) is 15.9 Å². The molecule has 0 radical (unpaired) electrons. The lowest BCUT2D eigenvalue weighted by molar-refractivity contribution is 0.0467. The number of para-hydroxylation sites is 1. The maximum absolute atomic E-state index is 12.4. The number of benzene rings is 1. The van der Waals surface area contributed by atoms with Crippen molar-refractivity contribution in [3.05, 3.63) is 71.1 Å². The van der Waals surface area contributed by atoms with Gasteiger partial charge >= 0.3 is 5.97 Å². The molecule has 5 nitrogen and oxygen atoms in total. The molecule has 0 spiro atoms. The number of pyridine rings is 1. The SMILES string of the molecule is Cc1sc(-c2ccco2)nc1C(=O)OCc1cccc2cccnc12. The molecule has 3 aromatic heterocycles. The molecule has 0 N–H and O–H groups in total. The molecule has 6 heteroatoms. The van der Waals surface area contributed by atoms with Crippen LogP contribution in [-0.2, 0) is 11.3 Å². The zero-order chi connectivity index (χ0) is 17.2. The van der Waals surface area contributed by atoms with Gasteiger partial charge in [0.25, 0.3) is 0 Å². The van der Waals surface area contributed by atoms with Crippen LogP contribution < -0.4 is 0 Å². The van der Waals surface area contributed by atoms with Crippen LogP contribution in [0.3, 0.4) is 0 Å². The molecule has 3 heterocycles. The number of hydrogen-bond donors (Lipinski definition) is 0. The van der Waals surface area contributed by atoms with Gasteiger partial charge in [0, 0.05) is 22.0 Å². The molecule has 0 saturated heterocycles. The van der Waals surface area contributed by atoms with Gasteiger partial charge in [-0.2, -0.15) is 0 Å². The van der Waals surface area contributed by atoms with Crippen LogP contribution >= 0.6 is 11.3 Å². The van der Waals surface area contributed by atoms with E-state index in [1.807, 2.05) is 43.3 Å². The summed E-state index contributed by atoms with van der Waals surface area (Å²) in [5.74, 6) is 0.199. The second kappa shape index (κ2) is 6.49. The summed E-state index contributed by atoms with van der Waals surface area (Å²) in [6.45, 7) is 2.00. The lowest BCUT2D eigenvalue weighted by Crippen LogP contribution is -2.07. The highest BCUT2D eigenvalue weighted by Crippen LogP contribution is 2.28. The minimum atomic E-state index is -0.445. The quantitative estimate of drug-likeness (QED) is 0.503. The van der Waals surface area contributed by atoms with Crippen LogP contribution in [0.15, 0.2) is 59.3 Å². The van der Waals surface area contributed by atoms with Crippen LogP contribution in [0.2, 0.25) is 0 Å². The monoisotopic (exact) mass is 350 g/mol. The van der Waals surface area contributed by atoms with E-state index in [9.17, 15) is 4.79 Å². The van der Waals surface area contributed by atoms with Crippen LogP contribution in [0.4, 0.5) is 0 Å². The number of aromatic nitrogens is 2. The summed E-state index contributed by atoms with van der Waals surface area (Å²) in [5, 5.41) is 1.68. The Morgan fingerprint density at radius 3 is 2.92 bits per heavy atom. The fourth-order valence-corrected chi connectivity index (χ4v) is 3.46. The van der Waals surface area contributed by atoms with Crippen LogP contribution in [0.1, 0.15) is 20.9 Å². The number of thiazole rings is 1. The second-order valence-corrected chi connectivity index (χ2v) is 6.67. The van der Waals surface area contributed by atoms with Crippen molar-refractivity contribution >= 4 is 28.2 Å². The molecule has 124 valence electrons. The van der Waals surface area contributed by atoms with E-state index in [1.54, 1.807) is 18.5 Å². The number of carbonyl (C=O) groups excluding carboxylic acids is 1. The number of hydrogen-bond acceptors (Lipinski definition) is 6. The maximum Gasteiger partial charge on any atom is 0.358 e. The molecular weight excluding hydrogens is 336 g/mol. The minimum Gasteiger partial charge on any atom is -0.462 e. The van der Waals surface area contributed by atoms with Crippen molar-refractivity contribution in [3.8, 4) is 10.8 Å². The van der Waals surface area contributed by atoms with Crippen molar-refractivity contribution in [2.45, 2.75) is 13.5 Å². The normalized spacial score (nSPS) is 10.9. The predicted octanol–water partition coefficient (Wildman–Crippen LogP) is 4.62. The van der Waals surface area contributed by atoms with Gasteiger partial charge in [0.05, 0.1) is 11.8 Å². The number of nitrogens with zero attached hydrogens (tertiary/aromatic N) is 2. The summed E-state index contributed by atoms with van der Waals surface area (Å²) < 4.78 is 10.8. The van der Waals surface area contributed by atoms with Crippen LogP contribution in [0.5, 0.6) is 0 Å². The molecule has 0 unspecified atom stereocenters. The van der Waals surface area contributed by atoms with E-state index in [2.05, 4.69) is 9.97 Å². The standard InChI is InChI=1S/C19H14N2O3S/c1-12-16(21-18(25-12)15-8-4-10-23-15)19(22)24-11-14-6-2-5-13-7-3-9-20-17(13)14/h2-10H,11H2,1H3. The Balaban J connectivity index is 1.54. The third-order valence-electron chi connectivity index (χ3n) is 3.80. The van der Waals surface area contributed by atoms with Crippen LogP contribution in [0.25, 0.3) is 21.7 Å². The van der Waals surface area contributed by atoms with E-state index < -0.39 is 5.97 Å². The van der Waals surface area contributed by atoms with Gasteiger partial charge in [0.2, 0.25) is 0 Å². The van der Waals surface area contributed by atoms with E-state index in [4.69, 9.17) is 9.15 Å². The smallest absolute Gasteiger partial charge is 0.358 e. The number of furan rings is 1. The molecule has 0 aliphatic carbocycles. The molecular formula is C19H14N2O3S. The summed E-state index contributed by atoms with van der Waals surface area (Å²) in [7, 11) is 0. The predicted molar refractivity (Wildman–Crippen MR) is 95.4 cm³/mol. The topological polar surface area (TPSA) is 65.2 Å². The highest BCUT2D eigenvalue weighted by atomic mass is 32.1. The Morgan fingerprint density at radius 2 is 2.08 bits per heavy atom. The van der Waals surface area contributed by atoms with Gasteiger partial charge in [-0.05, 0) is 25.1 Å². The molecule has 0 amide bonds. The molecule has 0 atom stereocenters. The number of carbonyl (C=O) groups is 1. The highest BCUT2D eigenvalue weighted by molar-refractivity contribution is 7.15. The molecule has 0 fully saturated rings. The molecule has 0 aliphatic rings. The first-order valence-electron chi connectivity index (χ1n) is 7.73. The molecule has 4 rings (SSSR count). The average Bonchev–Trinajstić information content (AvgIpc) is 3.29. The zero-order valence-corrected chi connectivity index (χ0v) is 14.2.